The van der Waals surface area contributed by atoms with E-state index in [1.165, 1.54) is 0 Å². The van der Waals surface area contributed by atoms with E-state index in [0.29, 0.717) is 25.2 Å². The van der Waals surface area contributed by atoms with E-state index >= 15 is 0 Å². The fraction of sp³-hybridized carbons (Fsp3) is 0.250. The molecule has 0 amide bonds. The highest BCUT2D eigenvalue weighted by Gasteiger charge is 2.09. The number of rotatable bonds is 6. The fourth-order valence-electron chi connectivity index (χ4n) is 1.74. The first kappa shape index (κ1) is 18.6. The Hall–Kier alpha value is -1.44. The summed E-state index contributed by atoms with van der Waals surface area (Å²) in [6.07, 6.45) is 2.10. The van der Waals surface area contributed by atoms with E-state index in [-0.39, 0.29) is 0 Å². The second kappa shape index (κ2) is 11.2. The van der Waals surface area contributed by atoms with Crippen molar-refractivity contribution in [3.05, 3.63) is 71.8 Å². The molecule has 0 aliphatic rings. The molecule has 0 saturated heterocycles. The maximum absolute atomic E-state index is 10.3. The summed E-state index contributed by atoms with van der Waals surface area (Å²) >= 11 is 0. The number of benzene rings is 2. The lowest BCUT2D eigenvalue weighted by Gasteiger charge is -1.91. The van der Waals surface area contributed by atoms with Gasteiger partial charge < -0.3 is 0 Å². The Balaban J connectivity index is 0.000000220. The molecule has 2 aromatic carbocycles. The van der Waals surface area contributed by atoms with Crippen molar-refractivity contribution in [1.29, 1.82) is 0 Å². The predicted molar refractivity (Wildman–Crippen MR) is 89.7 cm³/mol. The second-order valence-corrected chi connectivity index (χ2v) is 6.93. The normalized spacial score (nSPS) is 11.2. The Kier molecular flexibility index (Phi) is 9.45. The first-order valence-electron chi connectivity index (χ1n) is 6.93. The highest BCUT2D eigenvalue weighted by molar-refractivity contribution is 7.38. The molecule has 2 rings (SSSR count). The van der Waals surface area contributed by atoms with E-state index in [1.54, 1.807) is 0 Å². The molecule has 2 unspecified atom stereocenters. The van der Waals surface area contributed by atoms with Gasteiger partial charge in [-0.25, -0.2) is 0 Å². The molecular weight excluding hydrogens is 318 g/mol. The van der Waals surface area contributed by atoms with Gasteiger partial charge in [-0.15, -0.1) is 0 Å². The van der Waals surface area contributed by atoms with Gasteiger partial charge >= 0.3 is 16.1 Å². The Morgan fingerprint density at radius 3 is 1.23 bits per heavy atom. The van der Waals surface area contributed by atoms with Gasteiger partial charge in [-0.3, -0.25) is 0 Å². The molecule has 0 heterocycles. The van der Waals surface area contributed by atoms with Gasteiger partial charge in [0.2, 0.25) is 0 Å². The summed E-state index contributed by atoms with van der Waals surface area (Å²) in [6, 6.07) is 19.4. The van der Waals surface area contributed by atoms with Gasteiger partial charge in [-0.05, 0) is 20.3 Å². The minimum atomic E-state index is -1.97. The second-order valence-electron chi connectivity index (χ2n) is 4.62. The summed E-state index contributed by atoms with van der Waals surface area (Å²) in [7, 11) is -3.95. The molecule has 0 spiro atoms. The molecule has 116 valence electrons. The highest BCUT2D eigenvalue weighted by Crippen LogP contribution is 2.15. The van der Waals surface area contributed by atoms with Crippen molar-refractivity contribution in [3.63, 3.8) is 0 Å². The molecule has 0 aliphatic carbocycles. The van der Waals surface area contributed by atoms with Crippen LogP contribution >= 0.6 is 16.1 Å². The minimum absolute atomic E-state index is 0.360. The third-order valence-electron chi connectivity index (χ3n) is 2.87. The summed E-state index contributed by atoms with van der Waals surface area (Å²) in [6.45, 7) is 0. The van der Waals surface area contributed by atoms with E-state index < -0.39 is 16.1 Å². The van der Waals surface area contributed by atoms with Crippen LogP contribution in [-0.2, 0) is 22.0 Å². The molecule has 0 fully saturated rings. The van der Waals surface area contributed by atoms with Crippen LogP contribution < -0.4 is 0 Å². The maximum Gasteiger partial charge on any atom is 0.505 e. The van der Waals surface area contributed by atoms with Crippen molar-refractivity contribution in [2.24, 2.45) is 0 Å². The zero-order chi connectivity index (χ0) is 16.2. The van der Waals surface area contributed by atoms with Gasteiger partial charge in [0.05, 0.1) is 0 Å². The van der Waals surface area contributed by atoms with Crippen molar-refractivity contribution in [3.8, 4) is 0 Å². The molecule has 2 aromatic rings. The van der Waals surface area contributed by atoms with Gasteiger partial charge in [0, 0.05) is 12.8 Å². The third kappa shape index (κ3) is 9.49. The van der Waals surface area contributed by atoms with Crippen molar-refractivity contribution in [2.45, 2.75) is 12.8 Å². The van der Waals surface area contributed by atoms with E-state index in [9.17, 15) is 9.13 Å². The number of aryl methyl sites for hydroxylation is 2. The lowest BCUT2D eigenvalue weighted by molar-refractivity contribution is 0.501. The quantitative estimate of drug-likeness (QED) is 0.783. The molecule has 6 heteroatoms. The smallest absolute Gasteiger partial charge is 0.161 e. The first-order valence-corrected chi connectivity index (χ1v) is 9.72. The third-order valence-corrected chi connectivity index (χ3v) is 4.08. The average Bonchev–Trinajstić information content (AvgIpc) is 2.53. The number of hydrogen-bond donors (Lipinski definition) is 2. The molecule has 0 aliphatic heterocycles. The van der Waals surface area contributed by atoms with Crippen LogP contribution in [0.3, 0.4) is 0 Å². The maximum atomic E-state index is 10.3. The Morgan fingerprint density at radius 1 is 0.636 bits per heavy atom. The standard InChI is InChI=1S/2C8H9O2P/c2*9-11(10)7-6-8-4-2-1-3-5-8/h2*1-5H,6-7H2/p+2. The molecule has 4 nitrogen and oxygen atoms in total. The fourth-order valence-corrected chi connectivity index (χ4v) is 2.64. The molecule has 2 N–H and O–H groups in total. The molecule has 22 heavy (non-hydrogen) atoms. The van der Waals surface area contributed by atoms with Crippen LogP contribution in [0.1, 0.15) is 11.1 Å². The van der Waals surface area contributed by atoms with Crippen LogP contribution in [0.4, 0.5) is 0 Å². The van der Waals surface area contributed by atoms with Gasteiger partial charge in [-0.1, -0.05) is 60.7 Å². The van der Waals surface area contributed by atoms with Crippen LogP contribution in [0, 0.1) is 0 Å². The van der Waals surface area contributed by atoms with Crippen LogP contribution in [0.25, 0.3) is 0 Å². The molecule has 0 radical (unpaired) electrons. The Morgan fingerprint density at radius 2 is 0.955 bits per heavy atom. The number of hydrogen-bond acceptors (Lipinski definition) is 2. The average molecular weight is 338 g/mol. The zero-order valence-electron chi connectivity index (χ0n) is 12.2. The van der Waals surface area contributed by atoms with Crippen LogP contribution in [0.5, 0.6) is 0 Å². The predicted octanol–water partition coefficient (Wildman–Crippen LogP) is 3.93. The van der Waals surface area contributed by atoms with Crippen LogP contribution in [0.15, 0.2) is 60.7 Å². The van der Waals surface area contributed by atoms with E-state index in [4.69, 9.17) is 9.79 Å². The molecule has 0 aromatic heterocycles. The van der Waals surface area contributed by atoms with Crippen molar-refractivity contribution >= 4 is 16.1 Å². The lowest BCUT2D eigenvalue weighted by Crippen LogP contribution is -1.86. The van der Waals surface area contributed by atoms with Crippen LogP contribution in [0.2, 0.25) is 0 Å². The molecule has 0 saturated carbocycles. The largest absolute Gasteiger partial charge is 0.505 e. The molecular formula is C16H20O4P2+2. The monoisotopic (exact) mass is 338 g/mol. The SMILES string of the molecule is O=[P+](O)CCc1ccccc1.O=[P+](O)CCc1ccccc1. The Labute approximate surface area is 132 Å². The van der Waals surface area contributed by atoms with Gasteiger partial charge in [0.25, 0.3) is 0 Å². The van der Waals surface area contributed by atoms with E-state index in [2.05, 4.69) is 0 Å². The first-order chi connectivity index (χ1) is 10.6. The lowest BCUT2D eigenvalue weighted by atomic mass is 10.2. The van der Waals surface area contributed by atoms with Gasteiger partial charge in [0.15, 0.2) is 12.3 Å². The van der Waals surface area contributed by atoms with Crippen molar-refractivity contribution in [1.82, 2.24) is 0 Å². The summed E-state index contributed by atoms with van der Waals surface area (Å²) < 4.78 is 20.6. The summed E-state index contributed by atoms with van der Waals surface area (Å²) in [4.78, 5) is 17.0. The summed E-state index contributed by atoms with van der Waals surface area (Å²) in [5.74, 6) is 0. The van der Waals surface area contributed by atoms with Crippen molar-refractivity contribution < 1.29 is 18.9 Å². The molecule has 2 atom stereocenters. The highest BCUT2D eigenvalue weighted by atomic mass is 31.1. The summed E-state index contributed by atoms with van der Waals surface area (Å²) in [5, 5.41) is 0. The van der Waals surface area contributed by atoms with Crippen LogP contribution in [-0.4, -0.2) is 22.1 Å². The molecule has 0 bridgehead atoms. The van der Waals surface area contributed by atoms with Crippen molar-refractivity contribution in [2.75, 3.05) is 12.3 Å². The van der Waals surface area contributed by atoms with E-state index in [1.807, 2.05) is 60.7 Å². The zero-order valence-corrected chi connectivity index (χ0v) is 14.0. The minimum Gasteiger partial charge on any atom is -0.161 e. The van der Waals surface area contributed by atoms with Gasteiger partial charge in [-0.2, -0.15) is 9.79 Å². The Bertz CT molecular complexity index is 520. The summed E-state index contributed by atoms with van der Waals surface area (Å²) in [5.41, 5.74) is 2.23. The van der Waals surface area contributed by atoms with Gasteiger partial charge in [0.1, 0.15) is 0 Å². The van der Waals surface area contributed by atoms with E-state index in [0.717, 1.165) is 11.1 Å². The topological polar surface area (TPSA) is 74.6 Å².